The molecule has 1 heterocycles. The number of aliphatic hydroxyl groups excluding tert-OH is 1. The zero-order valence-corrected chi connectivity index (χ0v) is 21.4. The van der Waals surface area contributed by atoms with Crippen molar-refractivity contribution in [1.82, 2.24) is 4.98 Å². The van der Waals surface area contributed by atoms with E-state index >= 15 is 0 Å². The van der Waals surface area contributed by atoms with Crippen LogP contribution in [-0.4, -0.2) is 34.9 Å². The van der Waals surface area contributed by atoms with Gasteiger partial charge in [0.1, 0.15) is 0 Å². The molecule has 1 unspecified atom stereocenters. The number of fused-ring (bicyclic) bond motifs is 1. The Morgan fingerprint density at radius 3 is 2.22 bits per heavy atom. The van der Waals surface area contributed by atoms with Crippen LogP contribution in [0.1, 0.15) is 51.7 Å². The topological polar surface area (TPSA) is 79.2 Å². The van der Waals surface area contributed by atoms with Crippen molar-refractivity contribution in [3.63, 3.8) is 0 Å². The molecule has 0 amide bonds. The molecule has 32 heavy (non-hydrogen) atoms. The number of H-pyrrole nitrogens is 1. The van der Waals surface area contributed by atoms with Gasteiger partial charge in [-0.2, -0.15) is 0 Å². The van der Waals surface area contributed by atoms with Gasteiger partial charge in [0.05, 0.1) is 11.6 Å². The van der Waals surface area contributed by atoms with Crippen LogP contribution in [0.25, 0.3) is 22.2 Å². The summed E-state index contributed by atoms with van der Waals surface area (Å²) in [7, 11) is 1.00. The number of allylic oxidation sites excluding steroid dienone is 1. The highest BCUT2D eigenvalue weighted by atomic mass is 32.2. The van der Waals surface area contributed by atoms with Gasteiger partial charge in [0.25, 0.3) is 0 Å². The van der Waals surface area contributed by atoms with Crippen molar-refractivity contribution in [2.45, 2.75) is 47.5 Å². The first-order chi connectivity index (χ1) is 15.5. The molecule has 0 radical (unpaired) electrons. The van der Waals surface area contributed by atoms with Crippen molar-refractivity contribution >= 4 is 22.7 Å². The lowest BCUT2D eigenvalue weighted by atomic mass is 9.92. The van der Waals surface area contributed by atoms with Gasteiger partial charge in [-0.05, 0) is 42.2 Å². The lowest BCUT2D eigenvalue weighted by molar-refractivity contribution is -0.481. The number of aromatic amines is 1. The van der Waals surface area contributed by atoms with Crippen LogP contribution in [0, 0.1) is 17.0 Å². The van der Waals surface area contributed by atoms with E-state index in [1.807, 2.05) is 77.3 Å². The summed E-state index contributed by atoms with van der Waals surface area (Å²) in [5, 5.41) is 19.5. The lowest BCUT2D eigenvalue weighted by Gasteiger charge is -2.17. The Labute approximate surface area is 197 Å². The number of aliphatic hydroxyl groups is 1. The molecule has 3 aromatic rings. The third kappa shape index (κ3) is 7.53. The normalized spacial score (nSPS) is 11.2. The first-order valence-electron chi connectivity index (χ1n) is 11.0. The summed E-state index contributed by atoms with van der Waals surface area (Å²) < 4.78 is 0. The minimum Gasteiger partial charge on any atom is -0.400 e. The number of benzene rings is 2. The SMILES string of the molecule is C/C=C(\SC)C(C[N+](=O)[O-])c1c(-c2ccccc2)[nH]c2cc(C)ccc12.CC.CC.CO. The van der Waals surface area contributed by atoms with E-state index in [0.29, 0.717) is 0 Å². The third-order valence-electron chi connectivity index (χ3n) is 4.60. The average Bonchev–Trinajstić information content (AvgIpc) is 3.21. The van der Waals surface area contributed by atoms with Crippen molar-refractivity contribution in [3.8, 4) is 11.3 Å². The number of nitrogens with one attached hydrogen (secondary N) is 1. The molecule has 2 N–H and O–H groups in total. The van der Waals surface area contributed by atoms with Crippen molar-refractivity contribution in [3.05, 3.63) is 80.8 Å². The number of hydrogen-bond donors (Lipinski definition) is 2. The molecular weight excluding hydrogens is 420 g/mol. The average molecular weight is 459 g/mol. The summed E-state index contributed by atoms with van der Waals surface area (Å²) in [4.78, 5) is 15.8. The van der Waals surface area contributed by atoms with Gasteiger partial charge in [-0.1, -0.05) is 76.2 Å². The van der Waals surface area contributed by atoms with Gasteiger partial charge in [0.2, 0.25) is 6.54 Å². The maximum Gasteiger partial charge on any atom is 0.215 e. The fraction of sp³-hybridized carbons (Fsp3) is 0.385. The Kier molecular flexibility index (Phi) is 14.8. The molecule has 6 heteroatoms. The Morgan fingerprint density at radius 1 is 1.12 bits per heavy atom. The molecule has 0 aliphatic heterocycles. The van der Waals surface area contributed by atoms with Gasteiger partial charge in [-0.15, -0.1) is 11.8 Å². The van der Waals surface area contributed by atoms with Gasteiger partial charge in [-0.25, -0.2) is 0 Å². The molecule has 1 atom stereocenters. The second-order valence-electron chi connectivity index (χ2n) is 6.29. The van der Waals surface area contributed by atoms with Gasteiger partial charge >= 0.3 is 0 Å². The van der Waals surface area contributed by atoms with Gasteiger partial charge in [0.15, 0.2) is 0 Å². The highest BCUT2D eigenvalue weighted by Crippen LogP contribution is 2.41. The van der Waals surface area contributed by atoms with Gasteiger partial charge < -0.3 is 10.1 Å². The predicted molar refractivity (Wildman–Crippen MR) is 141 cm³/mol. The van der Waals surface area contributed by atoms with E-state index in [2.05, 4.69) is 30.1 Å². The minimum atomic E-state index is -0.281. The second-order valence-corrected chi connectivity index (χ2v) is 7.17. The molecule has 0 saturated heterocycles. The summed E-state index contributed by atoms with van der Waals surface area (Å²) in [5.41, 5.74) is 5.19. The Balaban J connectivity index is 0.00000148. The van der Waals surface area contributed by atoms with Crippen molar-refractivity contribution in [2.75, 3.05) is 19.9 Å². The largest absolute Gasteiger partial charge is 0.400 e. The number of aryl methyl sites for hydroxylation is 1. The monoisotopic (exact) mass is 458 g/mol. The summed E-state index contributed by atoms with van der Waals surface area (Å²) in [5.74, 6) is -0.281. The molecule has 0 saturated carbocycles. The molecule has 0 spiro atoms. The van der Waals surface area contributed by atoms with E-state index in [1.54, 1.807) is 11.8 Å². The number of thioether (sulfide) groups is 1. The first-order valence-corrected chi connectivity index (χ1v) is 12.2. The van der Waals surface area contributed by atoms with Crippen LogP contribution in [0.2, 0.25) is 0 Å². The molecule has 5 nitrogen and oxygen atoms in total. The van der Waals surface area contributed by atoms with Crippen LogP contribution >= 0.6 is 11.8 Å². The zero-order chi connectivity index (χ0) is 24.7. The fourth-order valence-electron chi connectivity index (χ4n) is 3.46. The second kappa shape index (κ2) is 16.1. The summed E-state index contributed by atoms with van der Waals surface area (Å²) in [6.45, 7) is 11.9. The van der Waals surface area contributed by atoms with E-state index in [0.717, 1.165) is 45.3 Å². The fourth-order valence-corrected chi connectivity index (χ4v) is 4.17. The molecule has 0 fully saturated rings. The highest BCUT2D eigenvalue weighted by molar-refractivity contribution is 8.02. The van der Waals surface area contributed by atoms with E-state index in [1.165, 1.54) is 0 Å². The number of nitrogens with zero attached hydrogens (tertiary/aromatic N) is 1. The molecule has 176 valence electrons. The van der Waals surface area contributed by atoms with Crippen LogP contribution in [-0.2, 0) is 0 Å². The van der Waals surface area contributed by atoms with E-state index in [-0.39, 0.29) is 17.4 Å². The maximum absolute atomic E-state index is 11.4. The summed E-state index contributed by atoms with van der Waals surface area (Å²) in [6.07, 6.45) is 3.96. The van der Waals surface area contributed by atoms with E-state index in [4.69, 9.17) is 5.11 Å². The third-order valence-corrected chi connectivity index (χ3v) is 5.59. The molecular formula is C26H38N2O3S. The van der Waals surface area contributed by atoms with Crippen LogP contribution in [0.3, 0.4) is 0 Å². The standard InChI is InChI=1S/C21H22N2O2S.2C2H6.CH4O/c1-4-19(26-3)17(13-23(24)25)20-16-11-10-14(2)12-18(16)22-21(20)15-8-6-5-7-9-15;3*1-2/h4-12,17,22H,13H2,1-3H3;2*1-2H3;2H,1H3/b19-4-;;;. The number of nitro groups is 1. The van der Waals surface area contributed by atoms with Crippen LogP contribution in [0.15, 0.2) is 59.5 Å². The number of aromatic nitrogens is 1. The highest BCUT2D eigenvalue weighted by Gasteiger charge is 2.28. The lowest BCUT2D eigenvalue weighted by Crippen LogP contribution is -2.14. The van der Waals surface area contributed by atoms with Crippen molar-refractivity contribution < 1.29 is 10.0 Å². The van der Waals surface area contributed by atoms with E-state index < -0.39 is 0 Å². The molecule has 0 aliphatic carbocycles. The molecule has 0 bridgehead atoms. The molecule has 1 aromatic heterocycles. The molecule has 3 rings (SSSR count). The summed E-state index contributed by atoms with van der Waals surface area (Å²) in [6, 6.07) is 16.3. The van der Waals surface area contributed by atoms with Crippen LogP contribution in [0.4, 0.5) is 0 Å². The zero-order valence-electron chi connectivity index (χ0n) is 20.6. The molecule has 0 aliphatic rings. The smallest absolute Gasteiger partial charge is 0.215 e. The van der Waals surface area contributed by atoms with Gasteiger partial charge in [-0.3, -0.25) is 10.1 Å². The Hall–Kier alpha value is -2.57. The minimum absolute atomic E-state index is 0.124. The van der Waals surface area contributed by atoms with E-state index in [9.17, 15) is 10.1 Å². The predicted octanol–water partition coefficient (Wildman–Crippen LogP) is 7.43. The Bertz CT molecular complexity index is 966. The molecule has 2 aromatic carbocycles. The quantitative estimate of drug-likeness (QED) is 0.297. The Morgan fingerprint density at radius 2 is 1.72 bits per heavy atom. The summed E-state index contributed by atoms with van der Waals surface area (Å²) >= 11 is 1.58. The number of rotatable bonds is 6. The van der Waals surface area contributed by atoms with Crippen LogP contribution < -0.4 is 0 Å². The van der Waals surface area contributed by atoms with Gasteiger partial charge in [0, 0.05) is 28.5 Å². The van der Waals surface area contributed by atoms with Crippen molar-refractivity contribution in [1.29, 1.82) is 0 Å². The van der Waals surface area contributed by atoms with Crippen LogP contribution in [0.5, 0.6) is 0 Å². The number of hydrogen-bond acceptors (Lipinski definition) is 4. The first kappa shape index (κ1) is 29.4. The maximum atomic E-state index is 11.4. The van der Waals surface area contributed by atoms with Crippen molar-refractivity contribution in [2.24, 2.45) is 0 Å².